The minimum absolute atomic E-state index is 0.175. The number of hydrogen-bond acceptors (Lipinski definition) is 2. The van der Waals surface area contributed by atoms with Crippen molar-refractivity contribution >= 4 is 15.9 Å². The Hall–Kier alpha value is -0.450. The van der Waals surface area contributed by atoms with Crippen LogP contribution < -0.4 is 5.32 Å². The standard InChI is InChI=1S/C14H21BrFNO/c1-4-5-12(9-18-3)17-10(2)11-6-7-14(16)13(15)8-11/h6-8,10,12,17H,4-5,9H2,1-3H3. The fraction of sp³-hybridized carbons (Fsp3) is 0.571. The van der Waals surface area contributed by atoms with Crippen molar-refractivity contribution in [1.82, 2.24) is 5.32 Å². The lowest BCUT2D eigenvalue weighted by molar-refractivity contribution is 0.157. The Labute approximate surface area is 117 Å². The predicted octanol–water partition coefficient (Wildman–Crippen LogP) is 4.05. The van der Waals surface area contributed by atoms with Crippen LogP contribution in [0.3, 0.4) is 0 Å². The second-order valence-corrected chi connectivity index (χ2v) is 5.36. The lowest BCUT2D eigenvalue weighted by atomic mass is 10.1. The van der Waals surface area contributed by atoms with Crippen molar-refractivity contribution in [2.24, 2.45) is 0 Å². The number of nitrogens with one attached hydrogen (secondary N) is 1. The number of methoxy groups -OCH3 is 1. The van der Waals surface area contributed by atoms with E-state index in [2.05, 4.69) is 35.1 Å². The topological polar surface area (TPSA) is 21.3 Å². The van der Waals surface area contributed by atoms with Gasteiger partial charge in [-0.2, -0.15) is 0 Å². The quantitative estimate of drug-likeness (QED) is 0.819. The molecule has 2 atom stereocenters. The monoisotopic (exact) mass is 317 g/mol. The zero-order valence-electron chi connectivity index (χ0n) is 11.2. The Balaban J connectivity index is 2.67. The molecular formula is C14H21BrFNO. The van der Waals surface area contributed by atoms with Gasteiger partial charge in [-0.15, -0.1) is 0 Å². The highest BCUT2D eigenvalue weighted by atomic mass is 79.9. The molecule has 0 aliphatic heterocycles. The Kier molecular flexibility index (Phi) is 6.82. The minimum Gasteiger partial charge on any atom is -0.383 e. The molecule has 0 aliphatic rings. The number of rotatable bonds is 7. The molecular weight excluding hydrogens is 297 g/mol. The highest BCUT2D eigenvalue weighted by Gasteiger charge is 2.13. The summed E-state index contributed by atoms with van der Waals surface area (Å²) in [6, 6.07) is 5.63. The van der Waals surface area contributed by atoms with Crippen LogP contribution in [0.4, 0.5) is 4.39 Å². The summed E-state index contributed by atoms with van der Waals surface area (Å²) >= 11 is 3.21. The first kappa shape index (κ1) is 15.6. The van der Waals surface area contributed by atoms with Crippen LogP contribution in [0.25, 0.3) is 0 Å². The van der Waals surface area contributed by atoms with E-state index in [1.54, 1.807) is 7.11 Å². The van der Waals surface area contributed by atoms with E-state index in [4.69, 9.17) is 4.74 Å². The van der Waals surface area contributed by atoms with E-state index in [1.165, 1.54) is 6.07 Å². The third kappa shape index (κ3) is 4.67. The van der Waals surface area contributed by atoms with Crippen LogP contribution in [0.1, 0.15) is 38.3 Å². The van der Waals surface area contributed by atoms with Gasteiger partial charge in [0.2, 0.25) is 0 Å². The molecule has 0 fully saturated rings. The number of hydrogen-bond donors (Lipinski definition) is 1. The Bertz CT molecular complexity index is 367. The average molecular weight is 318 g/mol. The number of benzene rings is 1. The van der Waals surface area contributed by atoms with Crippen LogP contribution in [0.2, 0.25) is 0 Å². The van der Waals surface area contributed by atoms with Crippen LogP contribution in [0.15, 0.2) is 22.7 Å². The van der Waals surface area contributed by atoms with Crippen molar-refractivity contribution in [3.05, 3.63) is 34.1 Å². The molecule has 0 radical (unpaired) electrons. The highest BCUT2D eigenvalue weighted by molar-refractivity contribution is 9.10. The molecule has 2 unspecified atom stereocenters. The number of ether oxygens (including phenoxy) is 1. The van der Waals surface area contributed by atoms with Crippen molar-refractivity contribution in [3.8, 4) is 0 Å². The molecule has 4 heteroatoms. The summed E-state index contributed by atoms with van der Waals surface area (Å²) in [6.07, 6.45) is 2.18. The normalized spacial score (nSPS) is 14.5. The lowest BCUT2D eigenvalue weighted by Crippen LogP contribution is -2.35. The first-order valence-electron chi connectivity index (χ1n) is 6.28. The summed E-state index contributed by atoms with van der Waals surface area (Å²) in [5.74, 6) is -0.229. The second-order valence-electron chi connectivity index (χ2n) is 4.50. The molecule has 1 aromatic rings. The average Bonchev–Trinajstić information content (AvgIpc) is 2.33. The van der Waals surface area contributed by atoms with Crippen molar-refractivity contribution in [3.63, 3.8) is 0 Å². The molecule has 1 N–H and O–H groups in total. The predicted molar refractivity (Wildman–Crippen MR) is 76.2 cm³/mol. The lowest BCUT2D eigenvalue weighted by Gasteiger charge is -2.23. The van der Waals surface area contributed by atoms with Gasteiger partial charge in [0, 0.05) is 19.2 Å². The molecule has 102 valence electrons. The summed E-state index contributed by atoms with van der Waals surface area (Å²) in [4.78, 5) is 0. The van der Waals surface area contributed by atoms with Gasteiger partial charge >= 0.3 is 0 Å². The molecule has 0 aliphatic carbocycles. The molecule has 0 saturated heterocycles. The van der Waals surface area contributed by atoms with E-state index in [0.29, 0.717) is 17.1 Å². The maximum Gasteiger partial charge on any atom is 0.137 e. The molecule has 0 spiro atoms. The number of halogens is 2. The van der Waals surface area contributed by atoms with Gasteiger partial charge in [0.05, 0.1) is 11.1 Å². The minimum atomic E-state index is -0.229. The van der Waals surface area contributed by atoms with E-state index in [1.807, 2.05) is 12.1 Å². The summed E-state index contributed by atoms with van der Waals surface area (Å²) < 4.78 is 18.9. The van der Waals surface area contributed by atoms with E-state index < -0.39 is 0 Å². The van der Waals surface area contributed by atoms with Gasteiger partial charge in [0.1, 0.15) is 5.82 Å². The van der Waals surface area contributed by atoms with E-state index in [9.17, 15) is 4.39 Å². The summed E-state index contributed by atoms with van der Waals surface area (Å²) in [5.41, 5.74) is 1.07. The van der Waals surface area contributed by atoms with Gasteiger partial charge < -0.3 is 10.1 Å². The molecule has 0 heterocycles. The fourth-order valence-electron chi connectivity index (χ4n) is 2.00. The Morgan fingerprint density at radius 3 is 2.72 bits per heavy atom. The maximum atomic E-state index is 13.2. The maximum absolute atomic E-state index is 13.2. The van der Waals surface area contributed by atoms with Crippen molar-refractivity contribution in [1.29, 1.82) is 0 Å². The van der Waals surface area contributed by atoms with Gasteiger partial charge in [0.25, 0.3) is 0 Å². The first-order chi connectivity index (χ1) is 8.58. The zero-order valence-corrected chi connectivity index (χ0v) is 12.8. The van der Waals surface area contributed by atoms with Gasteiger partial charge in [-0.1, -0.05) is 19.4 Å². The zero-order chi connectivity index (χ0) is 13.5. The van der Waals surface area contributed by atoms with E-state index in [0.717, 1.165) is 18.4 Å². The van der Waals surface area contributed by atoms with Crippen molar-refractivity contribution in [2.75, 3.05) is 13.7 Å². The highest BCUT2D eigenvalue weighted by Crippen LogP contribution is 2.21. The van der Waals surface area contributed by atoms with E-state index in [-0.39, 0.29) is 11.9 Å². The second kappa shape index (κ2) is 7.87. The van der Waals surface area contributed by atoms with Crippen LogP contribution in [0.5, 0.6) is 0 Å². The van der Waals surface area contributed by atoms with Crippen LogP contribution in [-0.4, -0.2) is 19.8 Å². The SMILES string of the molecule is CCCC(COC)NC(C)c1ccc(F)c(Br)c1. The van der Waals surface area contributed by atoms with E-state index >= 15 is 0 Å². The van der Waals surface area contributed by atoms with Crippen LogP contribution in [-0.2, 0) is 4.74 Å². The third-order valence-corrected chi connectivity index (χ3v) is 3.54. The molecule has 0 saturated carbocycles. The molecule has 1 rings (SSSR count). The molecule has 2 nitrogen and oxygen atoms in total. The van der Waals surface area contributed by atoms with Crippen LogP contribution >= 0.6 is 15.9 Å². The van der Waals surface area contributed by atoms with Gasteiger partial charge in [-0.05, 0) is 47.0 Å². The molecule has 18 heavy (non-hydrogen) atoms. The molecule has 0 amide bonds. The largest absolute Gasteiger partial charge is 0.383 e. The fourth-order valence-corrected chi connectivity index (χ4v) is 2.39. The summed E-state index contributed by atoms with van der Waals surface area (Å²) in [7, 11) is 1.71. The third-order valence-electron chi connectivity index (χ3n) is 2.93. The van der Waals surface area contributed by atoms with Crippen molar-refractivity contribution in [2.45, 2.75) is 38.8 Å². The molecule has 0 aromatic heterocycles. The van der Waals surface area contributed by atoms with Crippen molar-refractivity contribution < 1.29 is 9.13 Å². The van der Waals surface area contributed by atoms with Gasteiger partial charge in [0.15, 0.2) is 0 Å². The Morgan fingerprint density at radius 2 is 2.17 bits per heavy atom. The Morgan fingerprint density at radius 1 is 1.44 bits per heavy atom. The first-order valence-corrected chi connectivity index (χ1v) is 7.07. The van der Waals surface area contributed by atoms with Gasteiger partial charge in [-0.25, -0.2) is 4.39 Å². The summed E-state index contributed by atoms with van der Waals surface area (Å²) in [5, 5.41) is 3.51. The smallest absolute Gasteiger partial charge is 0.137 e. The van der Waals surface area contributed by atoms with Crippen LogP contribution in [0, 0.1) is 5.82 Å². The molecule has 0 bridgehead atoms. The summed E-state index contributed by atoms with van der Waals surface area (Å²) in [6.45, 7) is 4.93. The molecule has 1 aromatic carbocycles. The van der Waals surface area contributed by atoms with Gasteiger partial charge in [-0.3, -0.25) is 0 Å².